The fourth-order valence-corrected chi connectivity index (χ4v) is 8.35. The number of aryl methyl sites for hydroxylation is 2. The summed E-state index contributed by atoms with van der Waals surface area (Å²) in [6, 6.07) is 10.3. The SMILES string of the molecule is CC1(/C=C/CCCCCCCCCC(C(F)(F)F)C(F)(F)F)CCc2cc(O)ccc2O1.CC1(CCCCCCCCCCCC(C(F)(F)F)C(F)(F)F)CCc2cc(O)ccc2O1. The summed E-state index contributed by atoms with van der Waals surface area (Å²) in [5.74, 6) is -4.30. The number of allylic oxidation sites excluding steroid dienone is 1. The third kappa shape index (κ3) is 20.0. The molecule has 4 rings (SSSR count). The van der Waals surface area contributed by atoms with Crippen LogP contribution in [0.25, 0.3) is 0 Å². The third-order valence-electron chi connectivity index (χ3n) is 12.2. The van der Waals surface area contributed by atoms with E-state index in [1.165, 1.54) is 0 Å². The van der Waals surface area contributed by atoms with Gasteiger partial charge in [-0.25, -0.2) is 0 Å². The van der Waals surface area contributed by atoms with Gasteiger partial charge in [0, 0.05) is 0 Å². The molecule has 0 amide bonds. The van der Waals surface area contributed by atoms with Crippen LogP contribution in [0.4, 0.5) is 52.7 Å². The lowest BCUT2D eigenvalue weighted by atomic mass is 9.88. The largest absolute Gasteiger partial charge is 0.508 e. The maximum Gasteiger partial charge on any atom is 0.400 e. The molecule has 0 fully saturated rings. The molecule has 0 radical (unpaired) electrons. The van der Waals surface area contributed by atoms with E-state index < -0.39 is 49.4 Å². The molecule has 2 aliphatic rings. The summed E-state index contributed by atoms with van der Waals surface area (Å²) in [6.45, 7) is 4.15. The monoisotopic (exact) mass is 934 g/mol. The summed E-state index contributed by atoms with van der Waals surface area (Å²) in [7, 11) is 0. The summed E-state index contributed by atoms with van der Waals surface area (Å²) >= 11 is 0. The summed E-state index contributed by atoms with van der Waals surface area (Å²) in [4.78, 5) is 0. The first-order chi connectivity index (χ1) is 29.8. The van der Waals surface area contributed by atoms with Crippen LogP contribution in [0, 0.1) is 11.8 Å². The molecule has 2 aliphatic heterocycles. The normalized spacial score (nSPS) is 19.2. The van der Waals surface area contributed by atoms with E-state index in [1.54, 1.807) is 30.3 Å². The second-order valence-corrected chi connectivity index (χ2v) is 18.0. The van der Waals surface area contributed by atoms with Crippen LogP contribution in [-0.4, -0.2) is 46.1 Å². The quantitative estimate of drug-likeness (QED) is 0.0662. The molecule has 64 heavy (non-hydrogen) atoms. The Kier molecular flexibility index (Phi) is 21.3. The zero-order valence-electron chi connectivity index (χ0n) is 37.0. The molecule has 2 N–H and O–H groups in total. The minimum Gasteiger partial charge on any atom is -0.508 e. The van der Waals surface area contributed by atoms with Crippen LogP contribution in [0.1, 0.15) is 166 Å². The van der Waals surface area contributed by atoms with Crippen LogP contribution in [-0.2, 0) is 12.8 Å². The van der Waals surface area contributed by atoms with Gasteiger partial charge in [-0.2, -0.15) is 52.7 Å². The number of rotatable bonds is 23. The van der Waals surface area contributed by atoms with Gasteiger partial charge in [-0.3, -0.25) is 0 Å². The van der Waals surface area contributed by atoms with E-state index in [1.807, 2.05) is 13.0 Å². The first-order valence-corrected chi connectivity index (χ1v) is 22.8. The van der Waals surface area contributed by atoms with Gasteiger partial charge in [-0.05, 0) is 132 Å². The van der Waals surface area contributed by atoms with Gasteiger partial charge in [0.2, 0.25) is 0 Å². The average molecular weight is 935 g/mol. The number of halogens is 12. The summed E-state index contributed by atoms with van der Waals surface area (Å²) in [6.07, 6.45) is -1.53. The number of unbranched alkanes of at least 4 members (excludes halogenated alkanes) is 15. The van der Waals surface area contributed by atoms with Crippen LogP contribution >= 0.6 is 0 Å². The average Bonchev–Trinajstić information content (AvgIpc) is 3.17. The molecule has 2 aromatic carbocycles. The zero-order chi connectivity index (χ0) is 47.7. The predicted octanol–water partition coefficient (Wildman–Crippen LogP) is 16.8. The van der Waals surface area contributed by atoms with E-state index in [0.717, 1.165) is 125 Å². The zero-order valence-corrected chi connectivity index (χ0v) is 37.0. The van der Waals surface area contributed by atoms with Gasteiger partial charge in [0.25, 0.3) is 0 Å². The van der Waals surface area contributed by atoms with Crippen molar-refractivity contribution >= 4 is 0 Å². The van der Waals surface area contributed by atoms with Gasteiger partial charge >= 0.3 is 24.7 Å². The third-order valence-corrected chi connectivity index (χ3v) is 12.2. The number of ether oxygens (including phenoxy) is 2. The van der Waals surface area contributed by atoms with E-state index in [2.05, 4.69) is 19.1 Å². The van der Waals surface area contributed by atoms with Gasteiger partial charge in [0.05, 0.1) is 0 Å². The molecule has 16 heteroatoms. The Hall–Kier alpha value is -3.46. The van der Waals surface area contributed by atoms with Crippen molar-refractivity contribution in [3.63, 3.8) is 0 Å². The molecule has 0 spiro atoms. The highest BCUT2D eigenvalue weighted by molar-refractivity contribution is 5.43. The summed E-state index contributed by atoms with van der Waals surface area (Å²) in [5.41, 5.74) is 1.46. The maximum absolute atomic E-state index is 12.5. The molecule has 2 unspecified atom stereocenters. The standard InChI is InChI=1S/C24H34F6O2.C24H32F6O2/c2*1-22(16-14-18-17-19(31)12-13-20(18)32-22)15-10-8-6-4-2-3-5-7-9-11-21(23(25,26)27)24(28,29)30/h12-13,17,21,31H,2-11,14-16H2,1H3;10,12-13,15,17,21,31H,2-9,11,14,16H2,1H3/b;15-10+. The molecule has 0 aliphatic carbocycles. The van der Waals surface area contributed by atoms with E-state index in [0.29, 0.717) is 25.7 Å². The van der Waals surface area contributed by atoms with Gasteiger partial charge in [-0.15, -0.1) is 0 Å². The fraction of sp³-hybridized carbons (Fsp3) is 0.708. The van der Waals surface area contributed by atoms with Crippen molar-refractivity contribution < 1.29 is 72.4 Å². The maximum atomic E-state index is 12.5. The highest BCUT2D eigenvalue weighted by atomic mass is 19.4. The number of fused-ring (bicyclic) bond motifs is 2. The summed E-state index contributed by atoms with van der Waals surface area (Å²) in [5, 5.41) is 19.1. The predicted molar refractivity (Wildman–Crippen MR) is 224 cm³/mol. The lowest BCUT2D eigenvalue weighted by Gasteiger charge is -2.36. The molecule has 0 saturated carbocycles. The van der Waals surface area contributed by atoms with Crippen molar-refractivity contribution in [1.82, 2.24) is 0 Å². The highest BCUT2D eigenvalue weighted by Gasteiger charge is 2.56. The van der Waals surface area contributed by atoms with E-state index >= 15 is 0 Å². The number of alkyl halides is 12. The Labute approximate surface area is 370 Å². The fourth-order valence-electron chi connectivity index (χ4n) is 8.35. The van der Waals surface area contributed by atoms with Crippen molar-refractivity contribution in [2.24, 2.45) is 11.8 Å². The number of hydrogen-bond acceptors (Lipinski definition) is 4. The number of phenolic OH excluding ortho intramolecular Hbond substituents is 2. The van der Waals surface area contributed by atoms with Crippen molar-refractivity contribution in [3.05, 3.63) is 59.7 Å². The van der Waals surface area contributed by atoms with Crippen LogP contribution < -0.4 is 9.47 Å². The van der Waals surface area contributed by atoms with E-state index in [4.69, 9.17) is 9.47 Å². The van der Waals surface area contributed by atoms with E-state index in [-0.39, 0.29) is 35.5 Å². The van der Waals surface area contributed by atoms with Crippen LogP contribution in [0.15, 0.2) is 48.6 Å². The topological polar surface area (TPSA) is 58.9 Å². The molecular weight excluding hydrogens is 869 g/mol. The molecule has 4 nitrogen and oxygen atoms in total. The lowest BCUT2D eigenvalue weighted by molar-refractivity contribution is -0.287. The molecular formula is C48H66F12O4. The Morgan fingerprint density at radius 3 is 1.33 bits per heavy atom. The summed E-state index contributed by atoms with van der Waals surface area (Å²) < 4.78 is 162. The van der Waals surface area contributed by atoms with Crippen molar-refractivity contribution in [2.75, 3.05) is 0 Å². The second-order valence-electron chi connectivity index (χ2n) is 18.0. The smallest absolute Gasteiger partial charge is 0.400 e. The lowest BCUT2D eigenvalue weighted by Crippen LogP contribution is -2.36. The first-order valence-electron chi connectivity index (χ1n) is 22.8. The number of hydrogen-bond donors (Lipinski definition) is 2. The van der Waals surface area contributed by atoms with Crippen LogP contribution in [0.2, 0.25) is 0 Å². The molecule has 0 bridgehead atoms. The minimum atomic E-state index is -5.22. The molecule has 2 atom stereocenters. The highest BCUT2D eigenvalue weighted by Crippen LogP contribution is 2.44. The van der Waals surface area contributed by atoms with Crippen LogP contribution in [0.3, 0.4) is 0 Å². The Morgan fingerprint density at radius 2 is 0.891 bits per heavy atom. The first kappa shape index (κ1) is 54.9. The molecule has 0 saturated heterocycles. The van der Waals surface area contributed by atoms with Gasteiger partial charge in [0.1, 0.15) is 34.2 Å². The number of benzene rings is 2. The molecule has 2 heterocycles. The second kappa shape index (κ2) is 24.9. The number of aromatic hydroxyl groups is 2. The number of phenols is 2. The molecule has 0 aromatic heterocycles. The van der Waals surface area contributed by atoms with Crippen molar-refractivity contribution in [3.8, 4) is 23.0 Å². The van der Waals surface area contributed by atoms with Crippen molar-refractivity contribution in [1.29, 1.82) is 0 Å². The Bertz CT molecular complexity index is 1660. The van der Waals surface area contributed by atoms with E-state index in [9.17, 15) is 62.9 Å². The van der Waals surface area contributed by atoms with Crippen molar-refractivity contribution in [2.45, 2.75) is 204 Å². The molecule has 366 valence electrons. The van der Waals surface area contributed by atoms with Gasteiger partial charge < -0.3 is 19.7 Å². The Morgan fingerprint density at radius 1 is 0.516 bits per heavy atom. The minimum absolute atomic E-state index is 0.0506. The van der Waals surface area contributed by atoms with Gasteiger partial charge in [-0.1, -0.05) is 96.0 Å². The van der Waals surface area contributed by atoms with Gasteiger partial charge in [0.15, 0.2) is 11.8 Å². The Balaban J connectivity index is 0.000000340. The molecule has 2 aromatic rings. The van der Waals surface area contributed by atoms with Crippen LogP contribution in [0.5, 0.6) is 23.0 Å².